The van der Waals surface area contributed by atoms with Gasteiger partial charge in [-0.1, -0.05) is 25.8 Å². The molecule has 0 fully saturated rings. The van der Waals surface area contributed by atoms with Crippen LogP contribution < -0.4 is 10.5 Å². The summed E-state index contributed by atoms with van der Waals surface area (Å²) in [5.74, 6) is 0.00824. The van der Waals surface area contributed by atoms with Crippen molar-refractivity contribution >= 4 is 0 Å². The van der Waals surface area contributed by atoms with E-state index in [0.29, 0.717) is 17.7 Å². The number of benzene rings is 1. The first-order valence-electron chi connectivity index (χ1n) is 5.87. The maximum absolute atomic E-state index is 13.0. The molecule has 0 saturated carbocycles. The minimum atomic E-state index is -0.630. The summed E-state index contributed by atoms with van der Waals surface area (Å²) in [4.78, 5) is 0. The molecule has 3 N–H and O–H groups in total. The van der Waals surface area contributed by atoms with Gasteiger partial charge in [-0.25, -0.2) is 4.39 Å². The number of halogens is 1. The average Bonchev–Trinajstić information content (AvgIpc) is 2.34. The summed E-state index contributed by atoms with van der Waals surface area (Å²) in [7, 11) is 1.46. The van der Waals surface area contributed by atoms with Crippen molar-refractivity contribution in [3.05, 3.63) is 29.6 Å². The molecule has 1 aromatic carbocycles. The van der Waals surface area contributed by atoms with Gasteiger partial charge in [-0.3, -0.25) is 0 Å². The summed E-state index contributed by atoms with van der Waals surface area (Å²) >= 11 is 0. The van der Waals surface area contributed by atoms with E-state index in [1.807, 2.05) is 0 Å². The highest BCUT2D eigenvalue weighted by molar-refractivity contribution is 5.36. The molecule has 0 aliphatic rings. The molecule has 3 nitrogen and oxygen atoms in total. The average molecular weight is 241 g/mol. The Hall–Kier alpha value is -1.13. The molecule has 0 bridgehead atoms. The van der Waals surface area contributed by atoms with E-state index in [0.717, 1.165) is 12.8 Å². The minimum absolute atomic E-state index is 0.374. The predicted molar refractivity (Wildman–Crippen MR) is 65.4 cm³/mol. The summed E-state index contributed by atoms with van der Waals surface area (Å²) in [5.41, 5.74) is 6.59. The highest BCUT2D eigenvalue weighted by Crippen LogP contribution is 2.28. The van der Waals surface area contributed by atoms with E-state index in [1.165, 1.54) is 19.2 Å². The van der Waals surface area contributed by atoms with Crippen LogP contribution in [0.2, 0.25) is 0 Å². The Morgan fingerprint density at radius 2 is 2.18 bits per heavy atom. The van der Waals surface area contributed by atoms with Gasteiger partial charge in [-0.05, 0) is 12.5 Å². The molecule has 1 aromatic rings. The number of methoxy groups -OCH3 is 1. The van der Waals surface area contributed by atoms with Gasteiger partial charge in [-0.2, -0.15) is 0 Å². The molecule has 1 rings (SSSR count). The first-order valence-corrected chi connectivity index (χ1v) is 5.87. The summed E-state index contributed by atoms with van der Waals surface area (Å²) in [5, 5.41) is 9.92. The van der Waals surface area contributed by atoms with E-state index in [-0.39, 0.29) is 5.82 Å². The zero-order valence-electron chi connectivity index (χ0n) is 10.3. The van der Waals surface area contributed by atoms with Crippen LogP contribution in [0.5, 0.6) is 5.75 Å². The van der Waals surface area contributed by atoms with Crippen molar-refractivity contribution in [3.8, 4) is 5.75 Å². The second-order valence-corrected chi connectivity index (χ2v) is 4.12. The van der Waals surface area contributed by atoms with Crippen LogP contribution in [-0.4, -0.2) is 18.3 Å². The fourth-order valence-corrected chi connectivity index (χ4v) is 1.76. The topological polar surface area (TPSA) is 55.5 Å². The molecule has 4 heteroatoms. The van der Waals surface area contributed by atoms with Crippen molar-refractivity contribution < 1.29 is 14.2 Å². The van der Waals surface area contributed by atoms with Crippen LogP contribution in [0.4, 0.5) is 4.39 Å². The van der Waals surface area contributed by atoms with Crippen molar-refractivity contribution in [2.45, 2.75) is 38.3 Å². The standard InChI is InChI=1S/C13H20FNO2/c1-3-4-5-11(16)13(15)10-7-6-9(14)8-12(10)17-2/h6-8,11,13,16H,3-5,15H2,1-2H3/t11-,13+/m0/s1. The van der Waals surface area contributed by atoms with Gasteiger partial charge in [0, 0.05) is 11.6 Å². The lowest BCUT2D eigenvalue weighted by Crippen LogP contribution is -2.26. The molecule has 0 aliphatic carbocycles. The van der Waals surface area contributed by atoms with Crippen LogP contribution in [0.25, 0.3) is 0 Å². The second kappa shape index (κ2) is 6.57. The first-order chi connectivity index (χ1) is 8.10. The van der Waals surface area contributed by atoms with E-state index >= 15 is 0 Å². The van der Waals surface area contributed by atoms with Crippen molar-refractivity contribution in [2.75, 3.05) is 7.11 Å². The highest BCUT2D eigenvalue weighted by Gasteiger charge is 2.20. The number of nitrogens with two attached hydrogens (primary N) is 1. The molecule has 0 radical (unpaired) electrons. The Balaban J connectivity index is 2.83. The minimum Gasteiger partial charge on any atom is -0.496 e. The normalized spacial score (nSPS) is 14.4. The van der Waals surface area contributed by atoms with Crippen LogP contribution in [-0.2, 0) is 0 Å². The SMILES string of the molecule is CCCC[C@H](O)[C@H](N)c1ccc(F)cc1OC. The van der Waals surface area contributed by atoms with E-state index < -0.39 is 12.1 Å². The molecule has 0 saturated heterocycles. The molecule has 0 heterocycles. The maximum Gasteiger partial charge on any atom is 0.126 e. The fraction of sp³-hybridized carbons (Fsp3) is 0.538. The Kier molecular flexibility index (Phi) is 5.38. The molecule has 0 amide bonds. The van der Waals surface area contributed by atoms with Gasteiger partial charge in [0.2, 0.25) is 0 Å². The van der Waals surface area contributed by atoms with Crippen molar-refractivity contribution in [2.24, 2.45) is 5.73 Å². The summed E-state index contributed by atoms with van der Waals surface area (Å²) in [6.07, 6.45) is 1.93. The van der Waals surface area contributed by atoms with Crippen molar-refractivity contribution in [1.29, 1.82) is 0 Å². The lowest BCUT2D eigenvalue weighted by Gasteiger charge is -2.21. The Morgan fingerprint density at radius 1 is 1.47 bits per heavy atom. The number of rotatable bonds is 6. The van der Waals surface area contributed by atoms with Gasteiger partial charge in [0.15, 0.2) is 0 Å². The largest absolute Gasteiger partial charge is 0.496 e. The third-order valence-corrected chi connectivity index (χ3v) is 2.82. The van der Waals surface area contributed by atoms with E-state index in [1.54, 1.807) is 6.07 Å². The number of aliphatic hydroxyl groups is 1. The number of aliphatic hydroxyl groups excluding tert-OH is 1. The molecule has 17 heavy (non-hydrogen) atoms. The second-order valence-electron chi connectivity index (χ2n) is 4.12. The van der Waals surface area contributed by atoms with Gasteiger partial charge >= 0.3 is 0 Å². The quantitative estimate of drug-likeness (QED) is 0.804. The fourth-order valence-electron chi connectivity index (χ4n) is 1.76. The van der Waals surface area contributed by atoms with Crippen LogP contribution >= 0.6 is 0 Å². The first kappa shape index (κ1) is 13.9. The van der Waals surface area contributed by atoms with Crippen LogP contribution in [0.3, 0.4) is 0 Å². The third-order valence-electron chi connectivity index (χ3n) is 2.82. The molecular weight excluding hydrogens is 221 g/mol. The van der Waals surface area contributed by atoms with Gasteiger partial charge in [0.1, 0.15) is 11.6 Å². The van der Waals surface area contributed by atoms with Crippen molar-refractivity contribution in [3.63, 3.8) is 0 Å². The van der Waals surface area contributed by atoms with Crippen LogP contribution in [0.1, 0.15) is 37.8 Å². The zero-order valence-corrected chi connectivity index (χ0v) is 10.3. The van der Waals surface area contributed by atoms with Crippen molar-refractivity contribution in [1.82, 2.24) is 0 Å². The molecular formula is C13H20FNO2. The van der Waals surface area contributed by atoms with E-state index in [4.69, 9.17) is 10.5 Å². The zero-order chi connectivity index (χ0) is 12.8. The molecule has 0 unspecified atom stereocenters. The van der Waals surface area contributed by atoms with E-state index in [9.17, 15) is 9.50 Å². The highest BCUT2D eigenvalue weighted by atomic mass is 19.1. The predicted octanol–water partition coefficient (Wildman–Crippen LogP) is 2.39. The lowest BCUT2D eigenvalue weighted by atomic mass is 9.97. The molecule has 0 spiro atoms. The van der Waals surface area contributed by atoms with Gasteiger partial charge in [-0.15, -0.1) is 0 Å². The van der Waals surface area contributed by atoms with Crippen LogP contribution in [0.15, 0.2) is 18.2 Å². The Labute approximate surface area is 101 Å². The number of unbranched alkanes of at least 4 members (excludes halogenated alkanes) is 1. The van der Waals surface area contributed by atoms with E-state index in [2.05, 4.69) is 6.92 Å². The summed E-state index contributed by atoms with van der Waals surface area (Å²) in [6.45, 7) is 2.05. The Morgan fingerprint density at radius 3 is 2.76 bits per heavy atom. The smallest absolute Gasteiger partial charge is 0.126 e. The number of hydrogen-bond donors (Lipinski definition) is 2. The molecule has 2 atom stereocenters. The third kappa shape index (κ3) is 3.68. The van der Waals surface area contributed by atoms with Gasteiger partial charge in [0.05, 0.1) is 19.3 Å². The maximum atomic E-state index is 13.0. The molecule has 0 aliphatic heterocycles. The number of ether oxygens (including phenoxy) is 1. The molecule has 0 aromatic heterocycles. The monoisotopic (exact) mass is 241 g/mol. The Bertz CT molecular complexity index is 357. The molecule has 96 valence electrons. The lowest BCUT2D eigenvalue weighted by molar-refractivity contribution is 0.131. The van der Waals surface area contributed by atoms with Gasteiger partial charge < -0.3 is 15.6 Å². The van der Waals surface area contributed by atoms with Gasteiger partial charge in [0.25, 0.3) is 0 Å². The number of hydrogen-bond acceptors (Lipinski definition) is 3. The van der Waals surface area contributed by atoms with Crippen LogP contribution in [0, 0.1) is 5.82 Å². The summed E-state index contributed by atoms with van der Waals surface area (Å²) < 4.78 is 18.1. The summed E-state index contributed by atoms with van der Waals surface area (Å²) in [6, 6.07) is 3.62.